The number of carbonyl (C=O) groups is 2. The van der Waals surface area contributed by atoms with Gasteiger partial charge in [-0.1, -0.05) is 30.3 Å². The summed E-state index contributed by atoms with van der Waals surface area (Å²) in [5.74, 6) is -1.37. The molecule has 19 heavy (non-hydrogen) atoms. The number of benzene rings is 1. The Bertz CT molecular complexity index is 589. The minimum atomic E-state index is -0.999. The Kier molecular flexibility index (Phi) is 3.66. The summed E-state index contributed by atoms with van der Waals surface area (Å²) in [5.41, 5.74) is 6.48. The highest BCUT2D eigenvalue weighted by Crippen LogP contribution is 2.25. The summed E-state index contributed by atoms with van der Waals surface area (Å²) in [6, 6.07) is 10.9. The lowest BCUT2D eigenvalue weighted by Gasteiger charge is -2.09. The van der Waals surface area contributed by atoms with Gasteiger partial charge in [0.2, 0.25) is 5.76 Å². The Morgan fingerprint density at radius 2 is 1.89 bits per heavy atom. The summed E-state index contributed by atoms with van der Waals surface area (Å²) >= 11 is 0. The molecule has 5 heteroatoms. The van der Waals surface area contributed by atoms with Crippen LogP contribution in [0.4, 0.5) is 0 Å². The van der Waals surface area contributed by atoms with E-state index >= 15 is 0 Å². The van der Waals surface area contributed by atoms with Crippen LogP contribution in [0.25, 0.3) is 11.1 Å². The van der Waals surface area contributed by atoms with Crippen LogP contribution in [0.1, 0.15) is 17.5 Å². The number of hydrogen-bond donors (Lipinski definition) is 1. The molecule has 98 valence electrons. The fourth-order valence-corrected chi connectivity index (χ4v) is 1.58. The van der Waals surface area contributed by atoms with E-state index < -0.39 is 18.0 Å². The van der Waals surface area contributed by atoms with Gasteiger partial charge in [0, 0.05) is 5.56 Å². The van der Waals surface area contributed by atoms with Crippen LogP contribution < -0.4 is 5.73 Å². The Labute approximate surface area is 110 Å². The monoisotopic (exact) mass is 259 g/mol. The molecule has 0 fully saturated rings. The summed E-state index contributed by atoms with van der Waals surface area (Å²) < 4.78 is 10.0. The molecule has 5 nitrogen and oxygen atoms in total. The highest BCUT2D eigenvalue weighted by atomic mass is 16.6. The fraction of sp³-hybridized carbons (Fsp3) is 0.143. The van der Waals surface area contributed by atoms with E-state index in [1.54, 1.807) is 6.07 Å². The van der Waals surface area contributed by atoms with E-state index in [1.807, 2.05) is 30.3 Å². The predicted octanol–water partition coefficient (Wildman–Crippen LogP) is 1.98. The van der Waals surface area contributed by atoms with Crippen LogP contribution in [-0.4, -0.2) is 18.0 Å². The number of furan rings is 1. The fourth-order valence-electron chi connectivity index (χ4n) is 1.58. The highest BCUT2D eigenvalue weighted by Gasteiger charge is 2.22. The molecule has 2 aromatic rings. The average molecular weight is 259 g/mol. The van der Waals surface area contributed by atoms with E-state index in [4.69, 9.17) is 14.9 Å². The van der Waals surface area contributed by atoms with Gasteiger partial charge >= 0.3 is 5.97 Å². The smallest absolute Gasteiger partial charge is 0.375 e. The molecule has 0 unspecified atom stereocenters. The first-order valence-electron chi connectivity index (χ1n) is 5.73. The molecule has 1 aromatic heterocycles. The number of primary amides is 1. The van der Waals surface area contributed by atoms with Gasteiger partial charge < -0.3 is 14.9 Å². The molecule has 0 saturated heterocycles. The average Bonchev–Trinajstić information content (AvgIpc) is 2.88. The van der Waals surface area contributed by atoms with Crippen LogP contribution in [0.2, 0.25) is 0 Å². The molecule has 0 aliphatic rings. The number of amides is 1. The summed E-state index contributed by atoms with van der Waals surface area (Å²) in [6.07, 6.45) is 0.398. The molecule has 0 bridgehead atoms. The summed E-state index contributed by atoms with van der Waals surface area (Å²) in [7, 11) is 0. The van der Waals surface area contributed by atoms with Crippen molar-refractivity contribution in [3.63, 3.8) is 0 Å². The van der Waals surface area contributed by atoms with Gasteiger partial charge in [0.05, 0.1) is 6.26 Å². The lowest BCUT2D eigenvalue weighted by molar-refractivity contribution is -0.125. The van der Waals surface area contributed by atoms with Crippen LogP contribution >= 0.6 is 0 Å². The van der Waals surface area contributed by atoms with Gasteiger partial charge in [0.1, 0.15) is 0 Å². The van der Waals surface area contributed by atoms with E-state index in [9.17, 15) is 9.59 Å². The molecular formula is C14H13NO4. The molecule has 1 amide bonds. The first-order chi connectivity index (χ1) is 9.09. The van der Waals surface area contributed by atoms with E-state index in [1.165, 1.54) is 13.2 Å². The number of ether oxygens (including phenoxy) is 1. The van der Waals surface area contributed by atoms with Crippen molar-refractivity contribution in [2.24, 2.45) is 5.73 Å². The number of hydrogen-bond acceptors (Lipinski definition) is 4. The molecule has 0 aliphatic carbocycles. The van der Waals surface area contributed by atoms with Gasteiger partial charge in [-0.05, 0) is 18.6 Å². The van der Waals surface area contributed by atoms with Crippen molar-refractivity contribution >= 4 is 11.9 Å². The maximum Gasteiger partial charge on any atom is 0.375 e. The van der Waals surface area contributed by atoms with Crippen LogP contribution in [0, 0.1) is 0 Å². The third-order valence-electron chi connectivity index (χ3n) is 2.62. The van der Waals surface area contributed by atoms with Crippen molar-refractivity contribution in [1.82, 2.24) is 0 Å². The summed E-state index contributed by atoms with van der Waals surface area (Å²) in [4.78, 5) is 22.8. The van der Waals surface area contributed by atoms with Crippen molar-refractivity contribution in [2.45, 2.75) is 13.0 Å². The van der Waals surface area contributed by atoms with Gasteiger partial charge in [-0.15, -0.1) is 0 Å². The number of rotatable bonds is 4. The molecule has 1 heterocycles. The second kappa shape index (κ2) is 5.39. The molecular weight excluding hydrogens is 246 g/mol. The third-order valence-corrected chi connectivity index (χ3v) is 2.62. The highest BCUT2D eigenvalue weighted by molar-refractivity contribution is 5.95. The van der Waals surface area contributed by atoms with Gasteiger partial charge in [-0.25, -0.2) is 4.79 Å². The zero-order chi connectivity index (χ0) is 13.8. The minimum Gasteiger partial charge on any atom is -0.457 e. The molecule has 0 saturated carbocycles. The quantitative estimate of drug-likeness (QED) is 0.851. The van der Waals surface area contributed by atoms with E-state index in [-0.39, 0.29) is 5.76 Å². The lowest BCUT2D eigenvalue weighted by Crippen LogP contribution is -2.30. The van der Waals surface area contributed by atoms with Crippen LogP contribution in [0.15, 0.2) is 47.1 Å². The molecule has 0 spiro atoms. The van der Waals surface area contributed by atoms with Gasteiger partial charge in [0.25, 0.3) is 5.91 Å². The standard InChI is InChI=1S/C14H13NO4/c1-9(13(15)16)19-14(17)12-11(7-8-18-12)10-5-3-2-4-6-10/h2-9H,1H3,(H2,15,16)/t9-/m1/s1. The van der Waals surface area contributed by atoms with E-state index in [2.05, 4.69) is 0 Å². The minimum absolute atomic E-state index is 0.0549. The second-order valence-electron chi connectivity index (χ2n) is 3.98. The van der Waals surface area contributed by atoms with Gasteiger partial charge in [-0.2, -0.15) is 0 Å². The Balaban J connectivity index is 2.25. The van der Waals surface area contributed by atoms with Crippen molar-refractivity contribution in [2.75, 3.05) is 0 Å². The largest absolute Gasteiger partial charge is 0.457 e. The Morgan fingerprint density at radius 3 is 2.53 bits per heavy atom. The maximum absolute atomic E-state index is 11.9. The lowest BCUT2D eigenvalue weighted by atomic mass is 10.1. The summed E-state index contributed by atoms with van der Waals surface area (Å²) in [5, 5.41) is 0. The molecule has 0 radical (unpaired) electrons. The van der Waals surface area contributed by atoms with Crippen molar-refractivity contribution < 1.29 is 18.7 Å². The second-order valence-corrected chi connectivity index (χ2v) is 3.98. The van der Waals surface area contributed by atoms with Crippen molar-refractivity contribution in [3.8, 4) is 11.1 Å². The summed E-state index contributed by atoms with van der Waals surface area (Å²) in [6.45, 7) is 1.41. The van der Waals surface area contributed by atoms with Crippen LogP contribution in [0.3, 0.4) is 0 Å². The third kappa shape index (κ3) is 2.82. The number of esters is 1. The molecule has 1 aromatic carbocycles. The van der Waals surface area contributed by atoms with Crippen molar-refractivity contribution in [1.29, 1.82) is 0 Å². The van der Waals surface area contributed by atoms with Crippen LogP contribution in [-0.2, 0) is 9.53 Å². The number of carbonyl (C=O) groups excluding carboxylic acids is 2. The molecule has 2 rings (SSSR count). The molecule has 2 N–H and O–H groups in total. The van der Waals surface area contributed by atoms with Gasteiger partial charge in [0.15, 0.2) is 6.10 Å². The zero-order valence-electron chi connectivity index (χ0n) is 10.3. The predicted molar refractivity (Wildman–Crippen MR) is 68.2 cm³/mol. The van der Waals surface area contributed by atoms with E-state index in [0.717, 1.165) is 5.56 Å². The Hall–Kier alpha value is -2.56. The van der Waals surface area contributed by atoms with E-state index in [0.29, 0.717) is 5.56 Å². The SMILES string of the molecule is C[C@@H](OC(=O)c1occc1-c1ccccc1)C(N)=O. The first-order valence-corrected chi connectivity index (χ1v) is 5.73. The van der Waals surface area contributed by atoms with Crippen molar-refractivity contribution in [3.05, 3.63) is 48.4 Å². The normalized spacial score (nSPS) is 11.8. The Morgan fingerprint density at radius 1 is 1.21 bits per heavy atom. The number of nitrogens with two attached hydrogens (primary N) is 1. The molecule has 1 atom stereocenters. The zero-order valence-corrected chi connectivity index (χ0v) is 10.3. The maximum atomic E-state index is 11.9. The first kappa shape index (κ1) is 12.9. The topological polar surface area (TPSA) is 82.5 Å². The van der Waals surface area contributed by atoms with Gasteiger partial charge in [-0.3, -0.25) is 4.79 Å². The molecule has 0 aliphatic heterocycles. The van der Waals surface area contributed by atoms with Crippen LogP contribution in [0.5, 0.6) is 0 Å².